The van der Waals surface area contributed by atoms with E-state index >= 15 is 0 Å². The summed E-state index contributed by atoms with van der Waals surface area (Å²) in [6.07, 6.45) is 19.9. The van der Waals surface area contributed by atoms with Crippen LogP contribution in [-0.4, -0.2) is 22.3 Å². The third-order valence-corrected chi connectivity index (χ3v) is 6.05. The first-order valence-electron chi connectivity index (χ1n) is 10.3. The van der Waals surface area contributed by atoms with Crippen molar-refractivity contribution in [2.75, 3.05) is 0 Å². The molecular formula is C22H36O3. The summed E-state index contributed by atoms with van der Waals surface area (Å²) >= 11 is 0. The molecule has 3 aliphatic rings. The summed E-state index contributed by atoms with van der Waals surface area (Å²) in [5.74, 6) is 2.38. The Morgan fingerprint density at radius 2 is 1.96 bits per heavy atom. The Hall–Kier alpha value is -1.09. The number of carboxylic acid groups (broad SMARTS) is 1. The van der Waals surface area contributed by atoms with Crippen LogP contribution in [-0.2, 0) is 4.79 Å². The second-order valence-electron chi connectivity index (χ2n) is 8.10. The third-order valence-electron chi connectivity index (χ3n) is 6.05. The van der Waals surface area contributed by atoms with Gasteiger partial charge in [-0.3, -0.25) is 4.79 Å². The van der Waals surface area contributed by atoms with Crippen molar-refractivity contribution in [3.63, 3.8) is 0 Å². The molecule has 3 heteroatoms. The summed E-state index contributed by atoms with van der Waals surface area (Å²) in [5.41, 5.74) is 0. The Morgan fingerprint density at radius 3 is 2.68 bits per heavy atom. The van der Waals surface area contributed by atoms with Gasteiger partial charge < -0.3 is 10.2 Å². The zero-order valence-electron chi connectivity index (χ0n) is 15.8. The van der Waals surface area contributed by atoms with E-state index < -0.39 is 5.97 Å². The van der Waals surface area contributed by atoms with Crippen molar-refractivity contribution >= 4 is 5.97 Å². The molecule has 3 rings (SSSR count). The molecule has 25 heavy (non-hydrogen) atoms. The van der Waals surface area contributed by atoms with Crippen LogP contribution in [0.2, 0.25) is 0 Å². The van der Waals surface area contributed by atoms with E-state index in [1.54, 1.807) is 0 Å². The van der Waals surface area contributed by atoms with E-state index in [-0.39, 0.29) is 12.5 Å². The monoisotopic (exact) mass is 348 g/mol. The largest absolute Gasteiger partial charge is 0.481 e. The predicted octanol–water partition coefficient (Wildman–Crippen LogP) is 5.35. The summed E-state index contributed by atoms with van der Waals surface area (Å²) < 4.78 is 0. The first-order chi connectivity index (χ1) is 12.1. The third kappa shape index (κ3) is 6.97. The summed E-state index contributed by atoms with van der Waals surface area (Å²) in [4.78, 5) is 10.5. The van der Waals surface area contributed by atoms with Crippen molar-refractivity contribution in [1.82, 2.24) is 0 Å². The van der Waals surface area contributed by atoms with Gasteiger partial charge in [0.2, 0.25) is 0 Å². The SMILES string of the molecule is CCCCC[C@H](O)/C=C/[C@@H]1CC2CC(C2)[C@H]1C/C=C\CCCC(=O)O. The second kappa shape index (κ2) is 10.8. The number of carbonyl (C=O) groups is 1. The average molecular weight is 349 g/mol. The normalized spacial score (nSPS) is 29.8. The molecule has 3 saturated carbocycles. The van der Waals surface area contributed by atoms with E-state index in [9.17, 15) is 9.90 Å². The highest BCUT2D eigenvalue weighted by Crippen LogP contribution is 2.53. The van der Waals surface area contributed by atoms with E-state index in [1.165, 1.54) is 32.1 Å². The van der Waals surface area contributed by atoms with Crippen molar-refractivity contribution in [3.05, 3.63) is 24.3 Å². The smallest absolute Gasteiger partial charge is 0.303 e. The molecule has 2 N–H and O–H groups in total. The van der Waals surface area contributed by atoms with E-state index in [4.69, 9.17) is 5.11 Å². The number of hydrogen-bond acceptors (Lipinski definition) is 2. The Balaban J connectivity index is 1.76. The second-order valence-corrected chi connectivity index (χ2v) is 8.10. The molecule has 0 radical (unpaired) electrons. The van der Waals surface area contributed by atoms with Gasteiger partial charge in [0.15, 0.2) is 0 Å². The Kier molecular flexibility index (Phi) is 8.74. The minimum Gasteiger partial charge on any atom is -0.481 e. The van der Waals surface area contributed by atoms with E-state index in [1.807, 2.05) is 0 Å². The quantitative estimate of drug-likeness (QED) is 0.369. The number of unbranched alkanes of at least 4 members (excludes halogenated alkanes) is 3. The first kappa shape index (κ1) is 20.2. The van der Waals surface area contributed by atoms with Crippen LogP contribution < -0.4 is 0 Å². The van der Waals surface area contributed by atoms with E-state index in [0.29, 0.717) is 11.8 Å². The molecule has 3 fully saturated rings. The van der Waals surface area contributed by atoms with Gasteiger partial charge in [0.25, 0.3) is 0 Å². The highest BCUT2D eigenvalue weighted by atomic mass is 16.4. The van der Waals surface area contributed by atoms with Crippen molar-refractivity contribution in [1.29, 1.82) is 0 Å². The van der Waals surface area contributed by atoms with Crippen LogP contribution >= 0.6 is 0 Å². The van der Waals surface area contributed by atoms with Gasteiger partial charge in [-0.05, 0) is 68.6 Å². The number of rotatable bonds is 12. The van der Waals surface area contributed by atoms with Crippen LogP contribution in [0, 0.1) is 23.7 Å². The van der Waals surface area contributed by atoms with Crippen molar-refractivity contribution in [2.24, 2.45) is 23.7 Å². The Morgan fingerprint density at radius 1 is 1.16 bits per heavy atom. The molecule has 0 aromatic rings. The van der Waals surface area contributed by atoms with E-state index in [2.05, 4.69) is 31.2 Å². The van der Waals surface area contributed by atoms with Gasteiger partial charge in [0.1, 0.15) is 0 Å². The summed E-state index contributed by atoms with van der Waals surface area (Å²) in [7, 11) is 0. The minimum atomic E-state index is -0.705. The zero-order chi connectivity index (χ0) is 18.1. The van der Waals surface area contributed by atoms with Gasteiger partial charge in [0, 0.05) is 6.42 Å². The molecule has 3 atom stereocenters. The molecule has 0 aromatic carbocycles. The fourth-order valence-corrected chi connectivity index (χ4v) is 4.54. The Labute approximate surface area is 153 Å². The van der Waals surface area contributed by atoms with Crippen molar-refractivity contribution in [2.45, 2.75) is 83.7 Å². The summed E-state index contributed by atoms with van der Waals surface area (Å²) in [6, 6.07) is 0. The maximum atomic E-state index is 10.5. The molecular weight excluding hydrogens is 312 g/mol. The number of fused-ring (bicyclic) bond motifs is 2. The molecule has 142 valence electrons. The molecule has 0 saturated heterocycles. The lowest BCUT2D eigenvalue weighted by Crippen LogP contribution is -2.41. The fraction of sp³-hybridized carbons (Fsp3) is 0.773. The average Bonchev–Trinajstić information content (AvgIpc) is 2.55. The number of allylic oxidation sites excluding steroid dienone is 3. The molecule has 0 spiro atoms. The standard InChI is InChI=1S/C22H36O3/c1-2-3-6-9-20(23)13-12-18-14-17-15-19(16-17)21(18)10-7-4-5-8-11-22(24)25/h4,7,12-13,17-21,23H,2-3,5-6,8-11,14-16H2,1H3,(H,24,25)/b7-4-,13-12+/t17?,18-,19?,20+,21+/m1/s1. The first-order valence-corrected chi connectivity index (χ1v) is 10.3. The van der Waals surface area contributed by atoms with E-state index in [0.717, 1.165) is 43.9 Å². The molecule has 0 amide bonds. The zero-order valence-corrected chi connectivity index (χ0v) is 15.8. The summed E-state index contributed by atoms with van der Waals surface area (Å²) in [6.45, 7) is 2.19. The van der Waals surface area contributed by atoms with Gasteiger partial charge in [-0.25, -0.2) is 0 Å². The van der Waals surface area contributed by atoms with Crippen molar-refractivity contribution in [3.8, 4) is 0 Å². The van der Waals surface area contributed by atoms with Crippen LogP contribution in [0.15, 0.2) is 24.3 Å². The lowest BCUT2D eigenvalue weighted by molar-refractivity contribution is -0.137. The van der Waals surface area contributed by atoms with Gasteiger partial charge in [-0.15, -0.1) is 0 Å². The highest BCUT2D eigenvalue weighted by Gasteiger charge is 2.43. The lowest BCUT2D eigenvalue weighted by atomic mass is 9.55. The number of hydrogen-bond donors (Lipinski definition) is 2. The fourth-order valence-electron chi connectivity index (χ4n) is 4.54. The summed E-state index contributed by atoms with van der Waals surface area (Å²) in [5, 5.41) is 18.8. The van der Waals surface area contributed by atoms with Crippen LogP contribution in [0.4, 0.5) is 0 Å². The molecule has 3 aliphatic carbocycles. The molecule has 2 bridgehead atoms. The number of aliphatic carboxylic acids is 1. The molecule has 3 nitrogen and oxygen atoms in total. The lowest BCUT2D eigenvalue weighted by Gasteiger charge is -2.50. The van der Waals surface area contributed by atoms with Gasteiger partial charge in [0.05, 0.1) is 6.10 Å². The highest BCUT2D eigenvalue weighted by molar-refractivity contribution is 5.66. The molecule has 0 heterocycles. The predicted molar refractivity (Wildman–Crippen MR) is 102 cm³/mol. The molecule has 0 aromatic heterocycles. The van der Waals surface area contributed by atoms with Gasteiger partial charge in [-0.1, -0.05) is 50.5 Å². The Bertz CT molecular complexity index is 448. The molecule has 0 aliphatic heterocycles. The van der Waals surface area contributed by atoms with Crippen LogP contribution in [0.1, 0.15) is 77.6 Å². The minimum absolute atomic E-state index is 0.263. The number of carboxylic acids is 1. The van der Waals surface area contributed by atoms with Crippen molar-refractivity contribution < 1.29 is 15.0 Å². The van der Waals surface area contributed by atoms with Gasteiger partial charge in [-0.2, -0.15) is 0 Å². The molecule has 0 unspecified atom stereocenters. The van der Waals surface area contributed by atoms with Gasteiger partial charge >= 0.3 is 5.97 Å². The van der Waals surface area contributed by atoms with Crippen LogP contribution in [0.3, 0.4) is 0 Å². The van der Waals surface area contributed by atoms with Crippen LogP contribution in [0.25, 0.3) is 0 Å². The van der Waals surface area contributed by atoms with Crippen LogP contribution in [0.5, 0.6) is 0 Å². The maximum absolute atomic E-state index is 10.5. The number of aliphatic hydroxyl groups is 1. The topological polar surface area (TPSA) is 57.5 Å². The number of aliphatic hydroxyl groups excluding tert-OH is 1. The maximum Gasteiger partial charge on any atom is 0.303 e.